The van der Waals surface area contributed by atoms with E-state index in [0.29, 0.717) is 0 Å². The van der Waals surface area contributed by atoms with Gasteiger partial charge in [0.1, 0.15) is 0 Å². The van der Waals surface area contributed by atoms with Crippen LogP contribution in [0.4, 0.5) is 0 Å². The first-order valence-corrected chi connectivity index (χ1v) is 3.43. The van der Waals surface area contributed by atoms with Crippen LogP contribution in [0.15, 0.2) is 16.7 Å². The SMILES string of the molecule is [CH2]c1cnc(C)c(Br)c1. The van der Waals surface area contributed by atoms with Gasteiger partial charge in [0.2, 0.25) is 0 Å². The van der Waals surface area contributed by atoms with Crippen LogP contribution in [-0.4, -0.2) is 4.98 Å². The van der Waals surface area contributed by atoms with Crippen LogP contribution < -0.4 is 0 Å². The molecular formula is C7H7BrN. The second-order valence-electron chi connectivity index (χ2n) is 1.91. The zero-order valence-electron chi connectivity index (χ0n) is 5.19. The second-order valence-corrected chi connectivity index (χ2v) is 2.77. The molecule has 0 amide bonds. The van der Waals surface area contributed by atoms with Crippen molar-refractivity contribution in [3.63, 3.8) is 0 Å². The van der Waals surface area contributed by atoms with Crippen molar-refractivity contribution in [1.29, 1.82) is 0 Å². The lowest BCUT2D eigenvalue weighted by atomic mass is 10.3. The quantitative estimate of drug-likeness (QED) is 0.604. The maximum atomic E-state index is 4.07. The summed E-state index contributed by atoms with van der Waals surface area (Å²) in [5.41, 5.74) is 1.94. The highest BCUT2D eigenvalue weighted by Crippen LogP contribution is 2.13. The molecule has 0 aliphatic rings. The van der Waals surface area contributed by atoms with Crippen LogP contribution in [0.5, 0.6) is 0 Å². The summed E-state index contributed by atoms with van der Waals surface area (Å²) in [6.45, 7) is 5.68. The van der Waals surface area contributed by atoms with Gasteiger partial charge < -0.3 is 0 Å². The Morgan fingerprint density at radius 2 is 2.33 bits per heavy atom. The number of pyridine rings is 1. The molecule has 1 nitrogen and oxygen atoms in total. The average molecular weight is 185 g/mol. The molecule has 0 aliphatic carbocycles. The van der Waals surface area contributed by atoms with E-state index in [1.165, 1.54) is 0 Å². The zero-order chi connectivity index (χ0) is 6.85. The molecule has 47 valence electrons. The molecule has 0 saturated heterocycles. The minimum Gasteiger partial charge on any atom is -0.260 e. The topological polar surface area (TPSA) is 12.9 Å². The van der Waals surface area contributed by atoms with E-state index < -0.39 is 0 Å². The second kappa shape index (κ2) is 2.48. The van der Waals surface area contributed by atoms with Gasteiger partial charge in [0.15, 0.2) is 0 Å². The van der Waals surface area contributed by atoms with Crippen molar-refractivity contribution >= 4 is 15.9 Å². The molecular weight excluding hydrogens is 178 g/mol. The van der Waals surface area contributed by atoms with Crippen LogP contribution in [0.1, 0.15) is 11.3 Å². The normalized spacial score (nSPS) is 9.67. The van der Waals surface area contributed by atoms with Crippen molar-refractivity contribution in [3.8, 4) is 0 Å². The summed E-state index contributed by atoms with van der Waals surface area (Å²) in [5.74, 6) is 0. The van der Waals surface area contributed by atoms with E-state index in [1.807, 2.05) is 13.0 Å². The number of hydrogen-bond acceptors (Lipinski definition) is 1. The summed E-state index contributed by atoms with van der Waals surface area (Å²) in [6, 6.07) is 1.95. The van der Waals surface area contributed by atoms with Crippen LogP contribution in [-0.2, 0) is 0 Å². The van der Waals surface area contributed by atoms with Gasteiger partial charge in [-0.1, -0.05) is 0 Å². The number of hydrogen-bond donors (Lipinski definition) is 0. The van der Waals surface area contributed by atoms with Crippen molar-refractivity contribution < 1.29 is 0 Å². The van der Waals surface area contributed by atoms with Gasteiger partial charge in [0.25, 0.3) is 0 Å². The van der Waals surface area contributed by atoms with Gasteiger partial charge in [-0.15, -0.1) is 0 Å². The maximum absolute atomic E-state index is 4.07. The molecule has 2 heteroatoms. The van der Waals surface area contributed by atoms with Crippen molar-refractivity contribution in [1.82, 2.24) is 4.98 Å². The van der Waals surface area contributed by atoms with Crippen LogP contribution in [0.3, 0.4) is 0 Å². The molecule has 0 aliphatic heterocycles. The molecule has 0 unspecified atom stereocenters. The number of nitrogens with zero attached hydrogens (tertiary/aromatic N) is 1. The molecule has 0 aromatic carbocycles. The average Bonchev–Trinajstić information content (AvgIpc) is 1.80. The third-order valence-corrected chi connectivity index (χ3v) is 1.88. The molecule has 1 radical (unpaired) electrons. The maximum Gasteiger partial charge on any atom is 0.0514 e. The highest BCUT2D eigenvalue weighted by molar-refractivity contribution is 9.10. The van der Waals surface area contributed by atoms with E-state index in [1.54, 1.807) is 6.20 Å². The highest BCUT2D eigenvalue weighted by atomic mass is 79.9. The van der Waals surface area contributed by atoms with E-state index in [0.717, 1.165) is 15.7 Å². The molecule has 1 aromatic rings. The van der Waals surface area contributed by atoms with Crippen molar-refractivity contribution in [2.24, 2.45) is 0 Å². The van der Waals surface area contributed by atoms with Gasteiger partial charge in [-0.3, -0.25) is 4.98 Å². The fourth-order valence-electron chi connectivity index (χ4n) is 0.546. The predicted octanol–water partition coefficient (Wildman–Crippen LogP) is 2.33. The smallest absolute Gasteiger partial charge is 0.0514 e. The first kappa shape index (κ1) is 6.75. The highest BCUT2D eigenvalue weighted by Gasteiger charge is 1.92. The Kier molecular flexibility index (Phi) is 1.86. The lowest BCUT2D eigenvalue weighted by Gasteiger charge is -1.95. The molecule has 0 atom stereocenters. The molecule has 1 heterocycles. The number of rotatable bonds is 0. The van der Waals surface area contributed by atoms with E-state index in [4.69, 9.17) is 0 Å². The lowest BCUT2D eigenvalue weighted by Crippen LogP contribution is -1.82. The number of aromatic nitrogens is 1. The number of aryl methyl sites for hydroxylation is 1. The van der Waals surface area contributed by atoms with Crippen LogP contribution in [0.2, 0.25) is 0 Å². The fraction of sp³-hybridized carbons (Fsp3) is 0.143. The standard InChI is InChI=1S/C7H7BrN/c1-5-3-7(8)6(2)9-4-5/h3-4H,1H2,2H3. The Bertz CT molecular complexity index is 220. The summed E-state index contributed by atoms with van der Waals surface area (Å²) < 4.78 is 1.02. The molecule has 0 fully saturated rings. The van der Waals surface area contributed by atoms with E-state index in [-0.39, 0.29) is 0 Å². The minimum atomic E-state index is 0.937. The molecule has 1 rings (SSSR count). The Balaban J connectivity index is 3.17. The van der Waals surface area contributed by atoms with Gasteiger partial charge in [-0.2, -0.15) is 0 Å². The molecule has 9 heavy (non-hydrogen) atoms. The van der Waals surface area contributed by atoms with E-state index in [9.17, 15) is 0 Å². The number of halogens is 1. The summed E-state index contributed by atoms with van der Waals surface area (Å²) in [7, 11) is 0. The van der Waals surface area contributed by atoms with Gasteiger partial charge in [0.05, 0.1) is 5.69 Å². The van der Waals surface area contributed by atoms with Crippen LogP contribution in [0, 0.1) is 13.8 Å². The van der Waals surface area contributed by atoms with Crippen molar-refractivity contribution in [3.05, 3.63) is 34.9 Å². The lowest BCUT2D eigenvalue weighted by molar-refractivity contribution is 1.17. The molecule has 0 bridgehead atoms. The molecule has 0 N–H and O–H groups in total. The van der Waals surface area contributed by atoms with Gasteiger partial charge >= 0.3 is 0 Å². The largest absolute Gasteiger partial charge is 0.260 e. The summed E-state index contributed by atoms with van der Waals surface area (Å²) in [6.07, 6.45) is 1.75. The zero-order valence-corrected chi connectivity index (χ0v) is 6.77. The summed E-state index contributed by atoms with van der Waals surface area (Å²) in [5, 5.41) is 0. The molecule has 0 spiro atoms. The molecule has 1 aromatic heterocycles. The Morgan fingerprint density at radius 3 is 2.78 bits per heavy atom. The molecule has 0 saturated carbocycles. The van der Waals surface area contributed by atoms with Crippen LogP contribution in [0.25, 0.3) is 0 Å². The van der Waals surface area contributed by atoms with Gasteiger partial charge in [-0.05, 0) is 41.4 Å². The van der Waals surface area contributed by atoms with E-state index >= 15 is 0 Å². The first-order chi connectivity index (χ1) is 4.20. The minimum absolute atomic E-state index is 0.937. The van der Waals surface area contributed by atoms with Gasteiger partial charge in [-0.25, -0.2) is 0 Å². The van der Waals surface area contributed by atoms with Crippen LogP contribution >= 0.6 is 15.9 Å². The predicted molar refractivity (Wildman–Crippen MR) is 41.1 cm³/mol. The van der Waals surface area contributed by atoms with Crippen molar-refractivity contribution in [2.75, 3.05) is 0 Å². The monoisotopic (exact) mass is 184 g/mol. The first-order valence-electron chi connectivity index (χ1n) is 2.64. The third-order valence-electron chi connectivity index (χ3n) is 1.08. The summed E-state index contributed by atoms with van der Waals surface area (Å²) >= 11 is 3.34. The third kappa shape index (κ3) is 1.52. The Morgan fingerprint density at radius 1 is 1.67 bits per heavy atom. The van der Waals surface area contributed by atoms with Crippen molar-refractivity contribution in [2.45, 2.75) is 6.92 Å². The fourth-order valence-corrected chi connectivity index (χ4v) is 0.942. The Labute approximate surface area is 63.2 Å². The van der Waals surface area contributed by atoms with E-state index in [2.05, 4.69) is 27.8 Å². The van der Waals surface area contributed by atoms with Gasteiger partial charge in [0, 0.05) is 10.7 Å². The summed E-state index contributed by atoms with van der Waals surface area (Å²) in [4.78, 5) is 4.07. The Hall–Kier alpha value is -0.370.